The van der Waals surface area contributed by atoms with Gasteiger partial charge in [-0.05, 0) is 84.8 Å². The molecule has 0 heterocycles. The van der Waals surface area contributed by atoms with Crippen LogP contribution >= 0.6 is 0 Å². The van der Waals surface area contributed by atoms with E-state index in [0.29, 0.717) is 29.4 Å². The predicted molar refractivity (Wildman–Crippen MR) is 164 cm³/mol. The predicted octanol–water partition coefficient (Wildman–Crippen LogP) is 5.05. The van der Waals surface area contributed by atoms with Gasteiger partial charge in [-0.15, -0.1) is 0 Å². The number of benzene rings is 4. The molecule has 43 heavy (non-hydrogen) atoms. The third kappa shape index (κ3) is 9.25. The Morgan fingerprint density at radius 1 is 0.721 bits per heavy atom. The molecule has 3 amide bonds. The zero-order valence-electron chi connectivity index (χ0n) is 23.2. The number of amides is 3. The number of carbonyl (C=O) groups is 4. The molecule has 0 atom stereocenters. The van der Waals surface area contributed by atoms with Gasteiger partial charge in [0.05, 0.1) is 24.1 Å². The lowest BCUT2D eigenvalue weighted by molar-refractivity contribution is -0.136. The molecule has 4 rings (SSSR count). The molecule has 4 aromatic carbocycles. The van der Waals surface area contributed by atoms with Gasteiger partial charge in [-0.3, -0.25) is 14.4 Å². The second kappa shape index (κ2) is 15.1. The molecule has 0 spiro atoms. The Kier molecular flexibility index (Phi) is 10.5. The maximum absolute atomic E-state index is 12.9. The van der Waals surface area contributed by atoms with Crippen LogP contribution in [0.3, 0.4) is 0 Å². The van der Waals surface area contributed by atoms with E-state index >= 15 is 0 Å². The van der Waals surface area contributed by atoms with Crippen LogP contribution in [0, 0.1) is 0 Å². The highest BCUT2D eigenvalue weighted by Crippen LogP contribution is 2.20. The molecule has 0 aliphatic rings. The number of rotatable bonds is 10. The largest absolute Gasteiger partial charge is 0.494 e. The summed E-state index contributed by atoms with van der Waals surface area (Å²) in [5, 5.41) is 8.99. The average molecular weight is 577 g/mol. The molecule has 0 saturated carbocycles. The summed E-state index contributed by atoms with van der Waals surface area (Å²) in [6.07, 6.45) is 4.31. The molecular weight excluding hydrogens is 548 g/mol. The number of hydrazone groups is 1. The van der Waals surface area contributed by atoms with Crippen molar-refractivity contribution in [2.75, 3.05) is 17.2 Å². The number of ether oxygens (including phenoxy) is 2. The third-order valence-electron chi connectivity index (χ3n) is 5.74. The van der Waals surface area contributed by atoms with E-state index in [1.807, 2.05) is 37.3 Å². The molecule has 0 bridgehead atoms. The monoisotopic (exact) mass is 576 g/mol. The van der Waals surface area contributed by atoms with Gasteiger partial charge in [-0.1, -0.05) is 42.5 Å². The number of anilines is 2. The van der Waals surface area contributed by atoms with E-state index in [2.05, 4.69) is 21.2 Å². The van der Waals surface area contributed by atoms with Crippen molar-refractivity contribution in [2.45, 2.75) is 6.92 Å². The highest BCUT2D eigenvalue weighted by atomic mass is 16.5. The topological polar surface area (TPSA) is 135 Å². The fourth-order valence-corrected chi connectivity index (χ4v) is 3.69. The summed E-state index contributed by atoms with van der Waals surface area (Å²) in [6, 6.07) is 28.9. The van der Waals surface area contributed by atoms with Gasteiger partial charge in [0.2, 0.25) is 0 Å². The number of hydrogen-bond donors (Lipinski definition) is 3. The van der Waals surface area contributed by atoms with E-state index in [1.165, 1.54) is 24.4 Å². The fourth-order valence-electron chi connectivity index (χ4n) is 3.69. The Labute approximate surface area is 248 Å². The van der Waals surface area contributed by atoms with Crippen molar-refractivity contribution in [2.24, 2.45) is 5.10 Å². The summed E-state index contributed by atoms with van der Waals surface area (Å²) in [5.74, 6) is -2.04. The number of carbonyl (C=O) groups excluding carboxylic acids is 4. The first kappa shape index (κ1) is 29.9. The number of para-hydroxylation sites is 1. The number of hydrogen-bond acceptors (Lipinski definition) is 7. The second-order valence-electron chi connectivity index (χ2n) is 8.84. The summed E-state index contributed by atoms with van der Waals surface area (Å²) in [5.41, 5.74) is 4.45. The molecule has 0 unspecified atom stereocenters. The van der Waals surface area contributed by atoms with Gasteiger partial charge >= 0.3 is 17.8 Å². The molecule has 10 nitrogen and oxygen atoms in total. The Hall–Kier alpha value is -6.03. The van der Waals surface area contributed by atoms with Crippen LogP contribution in [0.5, 0.6) is 11.5 Å². The molecule has 216 valence electrons. The van der Waals surface area contributed by atoms with Gasteiger partial charge in [0.15, 0.2) is 0 Å². The van der Waals surface area contributed by atoms with E-state index in [1.54, 1.807) is 66.7 Å². The van der Waals surface area contributed by atoms with E-state index in [-0.39, 0.29) is 11.3 Å². The van der Waals surface area contributed by atoms with Gasteiger partial charge in [-0.25, -0.2) is 10.2 Å². The fraction of sp³-hybridized carbons (Fsp3) is 0.0606. The molecule has 0 aliphatic carbocycles. The Morgan fingerprint density at radius 3 is 2.12 bits per heavy atom. The van der Waals surface area contributed by atoms with Crippen molar-refractivity contribution in [1.29, 1.82) is 0 Å². The molecular formula is C33H28N4O6. The lowest BCUT2D eigenvalue weighted by Crippen LogP contribution is -2.33. The summed E-state index contributed by atoms with van der Waals surface area (Å²) >= 11 is 0. The number of nitrogens with one attached hydrogen (secondary N) is 3. The third-order valence-corrected chi connectivity index (χ3v) is 5.74. The molecule has 0 aliphatic heterocycles. The quantitative estimate of drug-likeness (QED) is 0.0604. The molecule has 4 aromatic rings. The normalized spacial score (nSPS) is 10.7. The van der Waals surface area contributed by atoms with Crippen LogP contribution in [0.1, 0.15) is 28.4 Å². The number of esters is 1. The van der Waals surface area contributed by atoms with Crippen LogP contribution in [0.25, 0.3) is 6.08 Å². The minimum absolute atomic E-state index is 0.152. The Morgan fingerprint density at radius 2 is 1.40 bits per heavy atom. The van der Waals surface area contributed by atoms with Crippen molar-refractivity contribution >= 4 is 47.4 Å². The van der Waals surface area contributed by atoms with Crippen LogP contribution in [0.4, 0.5) is 11.4 Å². The maximum atomic E-state index is 12.9. The highest BCUT2D eigenvalue weighted by Gasteiger charge is 2.18. The van der Waals surface area contributed by atoms with Gasteiger partial charge in [-0.2, -0.15) is 5.10 Å². The van der Waals surface area contributed by atoms with Crippen LogP contribution in [-0.2, 0) is 14.4 Å². The molecule has 0 fully saturated rings. The smallest absolute Gasteiger partial charge is 0.336 e. The first-order valence-electron chi connectivity index (χ1n) is 13.2. The van der Waals surface area contributed by atoms with E-state index in [0.717, 1.165) is 5.56 Å². The molecule has 0 radical (unpaired) electrons. The lowest BCUT2D eigenvalue weighted by Gasteiger charge is -2.11. The van der Waals surface area contributed by atoms with Crippen molar-refractivity contribution in [3.05, 3.63) is 126 Å². The minimum Gasteiger partial charge on any atom is -0.494 e. The van der Waals surface area contributed by atoms with Gasteiger partial charge in [0.25, 0.3) is 5.91 Å². The molecule has 10 heteroatoms. The van der Waals surface area contributed by atoms with Crippen molar-refractivity contribution in [1.82, 2.24) is 5.43 Å². The first-order valence-corrected chi connectivity index (χ1v) is 13.2. The Bertz CT molecular complexity index is 1630. The van der Waals surface area contributed by atoms with Crippen LogP contribution in [0.2, 0.25) is 0 Å². The van der Waals surface area contributed by atoms with Crippen molar-refractivity contribution in [3.8, 4) is 11.5 Å². The van der Waals surface area contributed by atoms with Crippen molar-refractivity contribution in [3.63, 3.8) is 0 Å². The highest BCUT2D eigenvalue weighted by molar-refractivity contribution is 6.40. The van der Waals surface area contributed by atoms with Crippen molar-refractivity contribution < 1.29 is 28.7 Å². The SMILES string of the molecule is CCOc1ccc(NC(=O)c2ccccc2NC(=O)C(=O)NN=Cc2ccc(OC(=O)C=Cc3ccccc3)cc2)cc1. The minimum atomic E-state index is -1.03. The van der Waals surface area contributed by atoms with E-state index < -0.39 is 23.7 Å². The van der Waals surface area contributed by atoms with E-state index in [9.17, 15) is 19.2 Å². The van der Waals surface area contributed by atoms with Gasteiger partial charge in [0.1, 0.15) is 11.5 Å². The Balaban J connectivity index is 1.27. The number of nitrogens with zero attached hydrogens (tertiary/aromatic N) is 1. The zero-order chi connectivity index (χ0) is 30.4. The lowest BCUT2D eigenvalue weighted by atomic mass is 10.1. The van der Waals surface area contributed by atoms with Gasteiger partial charge in [0, 0.05) is 11.8 Å². The van der Waals surface area contributed by atoms with E-state index in [4.69, 9.17) is 9.47 Å². The first-order chi connectivity index (χ1) is 20.9. The molecule has 0 aromatic heterocycles. The standard InChI is InChI=1S/C33H28N4O6/c1-2-42-26-19-15-25(16-20-26)35-31(39)28-10-6-7-11-29(28)36-32(40)33(41)37-34-22-24-12-17-27(18-13-24)43-30(38)21-14-23-8-4-3-5-9-23/h3-22H,2H2,1H3,(H,35,39)(H,36,40)(H,37,41). The summed E-state index contributed by atoms with van der Waals surface area (Å²) < 4.78 is 10.7. The summed E-state index contributed by atoms with van der Waals surface area (Å²) in [6.45, 7) is 2.40. The average Bonchev–Trinajstić information content (AvgIpc) is 3.02. The second-order valence-corrected chi connectivity index (χ2v) is 8.84. The molecule has 0 saturated heterocycles. The van der Waals surface area contributed by atoms with Crippen LogP contribution in [-0.4, -0.2) is 36.5 Å². The summed E-state index contributed by atoms with van der Waals surface area (Å²) in [4.78, 5) is 49.7. The van der Waals surface area contributed by atoms with Crippen LogP contribution < -0.4 is 25.5 Å². The van der Waals surface area contributed by atoms with Crippen LogP contribution in [0.15, 0.2) is 114 Å². The van der Waals surface area contributed by atoms with Gasteiger partial charge < -0.3 is 20.1 Å². The maximum Gasteiger partial charge on any atom is 0.336 e. The summed E-state index contributed by atoms with van der Waals surface area (Å²) in [7, 11) is 0. The molecule has 3 N–H and O–H groups in total. The zero-order valence-corrected chi connectivity index (χ0v) is 23.2.